The van der Waals surface area contributed by atoms with Crippen LogP contribution in [0.25, 0.3) is 10.2 Å². The summed E-state index contributed by atoms with van der Waals surface area (Å²) in [6.45, 7) is 4.12. The van der Waals surface area contributed by atoms with Crippen LogP contribution >= 0.6 is 11.3 Å². The van der Waals surface area contributed by atoms with E-state index in [2.05, 4.69) is 27.2 Å². The molecule has 0 spiro atoms. The summed E-state index contributed by atoms with van der Waals surface area (Å²) < 4.78 is 0. The Labute approximate surface area is 133 Å². The molecule has 1 N–H and O–H groups in total. The third kappa shape index (κ3) is 2.25. The lowest BCUT2D eigenvalue weighted by Gasteiger charge is -2.16. The fourth-order valence-corrected chi connectivity index (χ4v) is 4.45. The molecule has 5 heteroatoms. The van der Waals surface area contributed by atoms with Gasteiger partial charge < -0.3 is 5.32 Å². The molecule has 3 aromatic rings. The van der Waals surface area contributed by atoms with Gasteiger partial charge >= 0.3 is 0 Å². The lowest BCUT2D eigenvalue weighted by molar-refractivity contribution is 0.868. The normalized spacial score (nSPS) is 15.0. The Morgan fingerprint density at radius 2 is 2.00 bits per heavy atom. The molecule has 1 atom stereocenters. The van der Waals surface area contributed by atoms with E-state index in [1.165, 1.54) is 34.2 Å². The predicted molar refractivity (Wildman–Crippen MR) is 90.5 cm³/mol. The average Bonchev–Trinajstić information content (AvgIpc) is 3.08. The number of hydrogen-bond donors (Lipinski definition) is 1. The second-order valence-corrected chi connectivity index (χ2v) is 6.89. The standard InChI is InChI=1S/C17H18N4S/c1-10(12-6-8-18-9-7-12)19-16-15-13-4-3-5-14(13)22-17(15)21-11(2)20-16/h6-10H,3-5H2,1-2H3,(H,19,20,21)/t10-/m0/s1. The molecule has 0 amide bonds. The molecule has 0 aromatic carbocycles. The number of thiophene rings is 1. The maximum absolute atomic E-state index is 4.69. The second kappa shape index (κ2) is 5.32. The lowest BCUT2D eigenvalue weighted by atomic mass is 10.1. The van der Waals surface area contributed by atoms with Crippen LogP contribution in [0.5, 0.6) is 0 Å². The Kier molecular flexibility index (Phi) is 3.30. The Hall–Kier alpha value is -2.01. The van der Waals surface area contributed by atoms with Crippen molar-refractivity contribution in [2.75, 3.05) is 5.32 Å². The molecular weight excluding hydrogens is 292 g/mol. The molecule has 4 nitrogen and oxygen atoms in total. The van der Waals surface area contributed by atoms with E-state index in [1.807, 2.05) is 42.8 Å². The third-order valence-corrected chi connectivity index (χ3v) is 5.42. The van der Waals surface area contributed by atoms with E-state index in [9.17, 15) is 0 Å². The van der Waals surface area contributed by atoms with Gasteiger partial charge in [-0.05, 0) is 56.4 Å². The van der Waals surface area contributed by atoms with Crippen LogP contribution in [0.15, 0.2) is 24.5 Å². The molecule has 3 aromatic heterocycles. The number of pyridine rings is 1. The van der Waals surface area contributed by atoms with E-state index < -0.39 is 0 Å². The van der Waals surface area contributed by atoms with Crippen LogP contribution in [0.1, 0.15) is 41.2 Å². The first kappa shape index (κ1) is 13.6. The van der Waals surface area contributed by atoms with Crippen molar-refractivity contribution in [2.24, 2.45) is 0 Å². The summed E-state index contributed by atoms with van der Waals surface area (Å²) in [5.41, 5.74) is 2.68. The maximum Gasteiger partial charge on any atom is 0.139 e. The molecular formula is C17H18N4S. The van der Waals surface area contributed by atoms with Crippen LogP contribution in [0, 0.1) is 6.92 Å². The number of rotatable bonds is 3. The lowest BCUT2D eigenvalue weighted by Crippen LogP contribution is -2.09. The van der Waals surface area contributed by atoms with Crippen molar-refractivity contribution in [1.82, 2.24) is 15.0 Å². The summed E-state index contributed by atoms with van der Waals surface area (Å²) >= 11 is 1.84. The van der Waals surface area contributed by atoms with Gasteiger partial charge in [-0.25, -0.2) is 9.97 Å². The van der Waals surface area contributed by atoms with Gasteiger partial charge in [0.1, 0.15) is 16.5 Å². The van der Waals surface area contributed by atoms with Crippen molar-refractivity contribution < 1.29 is 0 Å². The Morgan fingerprint density at radius 1 is 1.18 bits per heavy atom. The van der Waals surface area contributed by atoms with E-state index in [0.29, 0.717) is 0 Å². The molecule has 1 aliphatic rings. The summed E-state index contributed by atoms with van der Waals surface area (Å²) in [7, 11) is 0. The summed E-state index contributed by atoms with van der Waals surface area (Å²) in [4.78, 5) is 16.0. The van der Waals surface area contributed by atoms with Gasteiger partial charge in [0.2, 0.25) is 0 Å². The highest BCUT2D eigenvalue weighted by Gasteiger charge is 2.22. The first-order valence-electron chi connectivity index (χ1n) is 7.67. The van der Waals surface area contributed by atoms with Gasteiger partial charge in [0.15, 0.2) is 0 Å². The van der Waals surface area contributed by atoms with E-state index in [0.717, 1.165) is 22.9 Å². The zero-order valence-electron chi connectivity index (χ0n) is 12.8. The molecule has 0 unspecified atom stereocenters. The van der Waals surface area contributed by atoms with Crippen molar-refractivity contribution >= 4 is 27.4 Å². The molecule has 22 heavy (non-hydrogen) atoms. The van der Waals surface area contributed by atoms with Crippen molar-refractivity contribution in [3.05, 3.63) is 46.4 Å². The summed E-state index contributed by atoms with van der Waals surface area (Å²) in [5, 5.41) is 4.83. The molecule has 0 bridgehead atoms. The van der Waals surface area contributed by atoms with Gasteiger partial charge in [-0.1, -0.05) is 0 Å². The molecule has 0 aliphatic heterocycles. The van der Waals surface area contributed by atoms with Crippen LogP contribution in [-0.4, -0.2) is 15.0 Å². The maximum atomic E-state index is 4.69. The van der Waals surface area contributed by atoms with Gasteiger partial charge in [0.25, 0.3) is 0 Å². The minimum atomic E-state index is 0.192. The summed E-state index contributed by atoms with van der Waals surface area (Å²) in [5.74, 6) is 1.81. The van der Waals surface area contributed by atoms with Gasteiger partial charge in [-0.15, -0.1) is 11.3 Å². The number of fused-ring (bicyclic) bond motifs is 3. The number of anilines is 1. The summed E-state index contributed by atoms with van der Waals surface area (Å²) in [6, 6.07) is 4.28. The molecule has 0 saturated carbocycles. The monoisotopic (exact) mass is 310 g/mol. The minimum Gasteiger partial charge on any atom is -0.363 e. The van der Waals surface area contributed by atoms with Crippen LogP contribution in [-0.2, 0) is 12.8 Å². The van der Waals surface area contributed by atoms with E-state index >= 15 is 0 Å². The molecule has 3 heterocycles. The number of nitrogens with zero attached hydrogens (tertiary/aromatic N) is 3. The third-order valence-electron chi connectivity index (χ3n) is 4.24. The molecule has 4 rings (SSSR count). The van der Waals surface area contributed by atoms with Crippen LogP contribution in [0.3, 0.4) is 0 Å². The van der Waals surface area contributed by atoms with E-state index in [1.54, 1.807) is 0 Å². The number of nitrogens with one attached hydrogen (secondary N) is 1. The van der Waals surface area contributed by atoms with Crippen molar-refractivity contribution in [3.8, 4) is 0 Å². The molecule has 1 aliphatic carbocycles. The fraction of sp³-hybridized carbons (Fsp3) is 0.353. The fourth-order valence-electron chi connectivity index (χ4n) is 3.15. The number of aromatic nitrogens is 3. The first-order valence-corrected chi connectivity index (χ1v) is 8.49. The van der Waals surface area contributed by atoms with Crippen molar-refractivity contribution in [3.63, 3.8) is 0 Å². The van der Waals surface area contributed by atoms with Gasteiger partial charge in [0.05, 0.1) is 11.4 Å². The molecule has 0 saturated heterocycles. The van der Waals surface area contributed by atoms with Gasteiger partial charge in [-0.3, -0.25) is 4.98 Å². The molecule has 0 radical (unpaired) electrons. The Morgan fingerprint density at radius 3 is 2.82 bits per heavy atom. The van der Waals surface area contributed by atoms with Gasteiger partial charge in [0, 0.05) is 17.3 Å². The van der Waals surface area contributed by atoms with Crippen molar-refractivity contribution in [2.45, 2.75) is 39.2 Å². The topological polar surface area (TPSA) is 50.7 Å². The highest BCUT2D eigenvalue weighted by atomic mass is 32.1. The zero-order valence-corrected chi connectivity index (χ0v) is 13.6. The smallest absolute Gasteiger partial charge is 0.139 e. The van der Waals surface area contributed by atoms with Crippen LogP contribution in [0.4, 0.5) is 5.82 Å². The van der Waals surface area contributed by atoms with Crippen LogP contribution < -0.4 is 5.32 Å². The number of hydrogen-bond acceptors (Lipinski definition) is 5. The second-order valence-electron chi connectivity index (χ2n) is 5.80. The highest BCUT2D eigenvalue weighted by molar-refractivity contribution is 7.19. The summed E-state index contributed by atoms with van der Waals surface area (Å²) in [6.07, 6.45) is 7.26. The van der Waals surface area contributed by atoms with E-state index in [-0.39, 0.29) is 6.04 Å². The Bertz CT molecular complexity index is 826. The largest absolute Gasteiger partial charge is 0.363 e. The number of aryl methyl sites for hydroxylation is 3. The molecule has 112 valence electrons. The van der Waals surface area contributed by atoms with Crippen molar-refractivity contribution in [1.29, 1.82) is 0 Å². The predicted octanol–water partition coefficient (Wildman–Crippen LogP) is 4.06. The highest BCUT2D eigenvalue weighted by Crippen LogP contribution is 2.40. The molecule has 0 fully saturated rings. The SMILES string of the molecule is Cc1nc(N[C@@H](C)c2ccncc2)c2c3c(sc2n1)CCC3. The first-order chi connectivity index (χ1) is 10.7. The zero-order chi connectivity index (χ0) is 15.1. The van der Waals surface area contributed by atoms with E-state index in [4.69, 9.17) is 0 Å². The average molecular weight is 310 g/mol. The quantitative estimate of drug-likeness (QED) is 0.792. The van der Waals surface area contributed by atoms with Gasteiger partial charge in [-0.2, -0.15) is 0 Å². The Balaban J connectivity index is 1.78. The van der Waals surface area contributed by atoms with Crippen LogP contribution in [0.2, 0.25) is 0 Å². The minimum absolute atomic E-state index is 0.192.